The summed E-state index contributed by atoms with van der Waals surface area (Å²) in [6.07, 6.45) is 1.79. The molecule has 1 fully saturated rings. The van der Waals surface area contributed by atoms with Gasteiger partial charge in [-0.3, -0.25) is 14.5 Å². The summed E-state index contributed by atoms with van der Waals surface area (Å²) in [4.78, 5) is 28.0. The number of aryl methyl sites for hydroxylation is 3. The van der Waals surface area contributed by atoms with Gasteiger partial charge in [0.1, 0.15) is 4.32 Å². The molecule has 6 nitrogen and oxygen atoms in total. The van der Waals surface area contributed by atoms with Crippen LogP contribution in [0.2, 0.25) is 0 Å². The third kappa shape index (κ3) is 6.09. The lowest BCUT2D eigenvalue weighted by atomic mass is 10.1. The lowest BCUT2D eigenvalue weighted by molar-refractivity contribution is -0.123. The normalized spacial score (nSPS) is 15.1. The van der Waals surface area contributed by atoms with Gasteiger partial charge in [-0.05, 0) is 68.2 Å². The lowest BCUT2D eigenvalue weighted by Gasteiger charge is -2.23. The number of ether oxygens (including phenoxy) is 2. The second-order valence-electron chi connectivity index (χ2n) is 9.16. The van der Waals surface area contributed by atoms with Crippen molar-refractivity contribution in [2.45, 2.75) is 33.7 Å². The van der Waals surface area contributed by atoms with E-state index in [4.69, 9.17) is 21.7 Å². The van der Waals surface area contributed by atoms with Crippen LogP contribution >= 0.6 is 24.0 Å². The number of rotatable bonds is 8. The summed E-state index contributed by atoms with van der Waals surface area (Å²) < 4.78 is 11.8. The fourth-order valence-corrected chi connectivity index (χ4v) is 5.85. The fraction of sp³-hybridized carbons (Fsp3) is 0.233. The van der Waals surface area contributed by atoms with Crippen molar-refractivity contribution in [1.29, 1.82) is 0 Å². The van der Waals surface area contributed by atoms with Crippen LogP contribution in [0.25, 0.3) is 6.08 Å². The van der Waals surface area contributed by atoms with Gasteiger partial charge in [0.05, 0.1) is 18.1 Å². The summed E-state index contributed by atoms with van der Waals surface area (Å²) in [5.74, 6) is 0.501. The number of thiocarbonyl (C=S) groups is 1. The number of methoxy groups -OCH3 is 1. The predicted octanol–water partition coefficient (Wildman–Crippen LogP) is 6.60. The van der Waals surface area contributed by atoms with E-state index in [1.165, 1.54) is 18.9 Å². The minimum Gasteiger partial charge on any atom is -0.493 e. The number of nitrogens with one attached hydrogen (secondary N) is 1. The molecule has 1 atom stereocenters. The third-order valence-corrected chi connectivity index (χ3v) is 7.61. The minimum atomic E-state index is -0.262. The molecule has 2 amide bonds. The maximum atomic E-state index is 13.2. The Balaban J connectivity index is 1.45. The molecule has 0 unspecified atom stereocenters. The largest absolute Gasteiger partial charge is 0.493 e. The van der Waals surface area contributed by atoms with E-state index in [0.29, 0.717) is 20.7 Å². The Morgan fingerprint density at radius 1 is 1.05 bits per heavy atom. The highest BCUT2D eigenvalue weighted by Gasteiger charge is 2.35. The first kappa shape index (κ1) is 27.4. The van der Waals surface area contributed by atoms with Crippen LogP contribution in [0, 0.1) is 20.8 Å². The van der Waals surface area contributed by atoms with Gasteiger partial charge >= 0.3 is 0 Å². The van der Waals surface area contributed by atoms with Gasteiger partial charge < -0.3 is 14.8 Å². The smallest absolute Gasteiger partial charge is 0.266 e. The van der Waals surface area contributed by atoms with E-state index in [-0.39, 0.29) is 24.5 Å². The van der Waals surface area contributed by atoms with Gasteiger partial charge in [-0.25, -0.2) is 0 Å². The molecule has 1 saturated heterocycles. The molecule has 38 heavy (non-hydrogen) atoms. The van der Waals surface area contributed by atoms with Crippen LogP contribution in [0.5, 0.6) is 11.5 Å². The summed E-state index contributed by atoms with van der Waals surface area (Å²) in [6.45, 7) is 7.76. The molecule has 0 spiro atoms. The van der Waals surface area contributed by atoms with Crippen molar-refractivity contribution < 1.29 is 19.1 Å². The Bertz CT molecular complexity index is 1400. The Morgan fingerprint density at radius 3 is 2.39 bits per heavy atom. The van der Waals surface area contributed by atoms with Gasteiger partial charge in [0.2, 0.25) is 0 Å². The number of amides is 2. The van der Waals surface area contributed by atoms with E-state index >= 15 is 0 Å². The van der Waals surface area contributed by atoms with Crippen molar-refractivity contribution in [3.8, 4) is 11.5 Å². The summed E-state index contributed by atoms with van der Waals surface area (Å²) in [5, 5.41) is 2.94. The van der Waals surface area contributed by atoms with Crippen molar-refractivity contribution in [3.05, 3.63) is 93.4 Å². The summed E-state index contributed by atoms with van der Waals surface area (Å²) in [5.41, 5.74) is 5.72. The number of hydrogen-bond acceptors (Lipinski definition) is 6. The number of nitrogens with zero attached hydrogens (tertiary/aromatic N) is 1. The molecular weight excluding hydrogens is 516 g/mol. The Labute approximate surface area is 233 Å². The topological polar surface area (TPSA) is 67.9 Å². The molecule has 1 aliphatic rings. The highest BCUT2D eigenvalue weighted by atomic mass is 32.2. The van der Waals surface area contributed by atoms with E-state index in [9.17, 15) is 9.59 Å². The Morgan fingerprint density at radius 2 is 1.74 bits per heavy atom. The van der Waals surface area contributed by atoms with E-state index in [1.807, 2.05) is 76.2 Å². The first-order valence-electron chi connectivity index (χ1n) is 12.2. The minimum absolute atomic E-state index is 0.131. The second kappa shape index (κ2) is 11.8. The third-order valence-electron chi connectivity index (χ3n) is 6.28. The highest BCUT2D eigenvalue weighted by molar-refractivity contribution is 8.26. The first-order valence-corrected chi connectivity index (χ1v) is 13.4. The van der Waals surface area contributed by atoms with Crippen molar-refractivity contribution in [1.82, 2.24) is 4.90 Å². The maximum absolute atomic E-state index is 13.2. The summed E-state index contributed by atoms with van der Waals surface area (Å²) in [6, 6.07) is 19.0. The average molecular weight is 547 g/mol. The number of benzene rings is 3. The predicted molar refractivity (Wildman–Crippen MR) is 158 cm³/mol. The number of thioether (sulfide) groups is 1. The van der Waals surface area contributed by atoms with Crippen LogP contribution in [-0.4, -0.2) is 34.8 Å². The molecule has 8 heteroatoms. The van der Waals surface area contributed by atoms with Crippen molar-refractivity contribution in [2.75, 3.05) is 19.0 Å². The van der Waals surface area contributed by atoms with Crippen LogP contribution < -0.4 is 14.8 Å². The highest BCUT2D eigenvalue weighted by Crippen LogP contribution is 2.39. The molecule has 0 saturated carbocycles. The Kier molecular flexibility index (Phi) is 8.54. The molecule has 3 aromatic rings. The first-order chi connectivity index (χ1) is 18.2. The van der Waals surface area contributed by atoms with Gasteiger partial charge in [0.25, 0.3) is 11.8 Å². The van der Waals surface area contributed by atoms with Crippen molar-refractivity contribution >= 4 is 51.9 Å². The van der Waals surface area contributed by atoms with Gasteiger partial charge in [-0.2, -0.15) is 0 Å². The zero-order valence-corrected chi connectivity index (χ0v) is 23.7. The van der Waals surface area contributed by atoms with Crippen molar-refractivity contribution in [3.63, 3.8) is 0 Å². The standard InChI is InChI=1S/C30H30N2O4S2/c1-18-13-19(2)28(20(3)14-18)31-27(33)17-36-24-12-11-22(15-25(24)35-5)16-26-29(34)32(30(37)38-26)21(4)23-9-7-6-8-10-23/h6-16,21H,17H2,1-5H3,(H,31,33)/b26-16-/t21-/m0/s1. The molecule has 0 aromatic heterocycles. The maximum Gasteiger partial charge on any atom is 0.266 e. The van der Waals surface area contributed by atoms with E-state index < -0.39 is 0 Å². The van der Waals surface area contributed by atoms with Crippen molar-refractivity contribution in [2.24, 2.45) is 0 Å². The molecule has 1 heterocycles. The quantitative estimate of drug-likeness (QED) is 0.254. The van der Waals surface area contributed by atoms with Gasteiger partial charge in [0, 0.05) is 5.69 Å². The van der Waals surface area contributed by atoms with Crippen LogP contribution in [-0.2, 0) is 9.59 Å². The molecule has 0 bridgehead atoms. The summed E-state index contributed by atoms with van der Waals surface area (Å²) >= 11 is 6.81. The zero-order chi connectivity index (χ0) is 27.4. The van der Waals surface area contributed by atoms with Crippen LogP contribution in [0.1, 0.15) is 40.8 Å². The van der Waals surface area contributed by atoms with Crippen LogP contribution in [0.4, 0.5) is 5.69 Å². The SMILES string of the molecule is COc1cc(/C=C2\SC(=S)N([C@@H](C)c3ccccc3)C2=O)ccc1OCC(=O)Nc1c(C)cc(C)cc1C. The molecule has 1 N–H and O–H groups in total. The Hall–Kier alpha value is -3.62. The van der Waals surface area contributed by atoms with Gasteiger partial charge in [-0.15, -0.1) is 0 Å². The molecule has 3 aromatic carbocycles. The molecule has 196 valence electrons. The van der Waals surface area contributed by atoms with Gasteiger partial charge in [-0.1, -0.05) is 78.1 Å². The van der Waals surface area contributed by atoms with Gasteiger partial charge in [0.15, 0.2) is 18.1 Å². The molecular formula is C30H30N2O4S2. The molecule has 0 aliphatic carbocycles. The molecule has 0 radical (unpaired) electrons. The summed E-state index contributed by atoms with van der Waals surface area (Å²) in [7, 11) is 1.53. The fourth-order valence-electron chi connectivity index (χ4n) is 4.43. The van der Waals surface area contributed by atoms with E-state index in [2.05, 4.69) is 5.32 Å². The number of anilines is 1. The van der Waals surface area contributed by atoms with Crippen LogP contribution in [0.15, 0.2) is 65.6 Å². The number of carbonyl (C=O) groups is 2. The average Bonchev–Trinajstić information content (AvgIpc) is 3.17. The number of carbonyl (C=O) groups excluding carboxylic acids is 2. The van der Waals surface area contributed by atoms with E-state index in [1.54, 1.807) is 23.1 Å². The monoisotopic (exact) mass is 546 g/mol. The molecule has 4 rings (SSSR count). The molecule has 1 aliphatic heterocycles. The van der Waals surface area contributed by atoms with E-state index in [0.717, 1.165) is 33.5 Å². The zero-order valence-electron chi connectivity index (χ0n) is 22.0. The lowest BCUT2D eigenvalue weighted by Crippen LogP contribution is -2.30. The number of hydrogen-bond donors (Lipinski definition) is 1. The second-order valence-corrected chi connectivity index (χ2v) is 10.8. The van der Waals surface area contributed by atoms with Crippen LogP contribution in [0.3, 0.4) is 0 Å².